The molecule has 2 N–H and O–H groups in total. The Balaban J connectivity index is 1.52. The maximum Gasteiger partial charge on any atom is 0.329 e. The van der Waals surface area contributed by atoms with Crippen molar-refractivity contribution in [2.45, 2.75) is 51.1 Å². The first-order chi connectivity index (χ1) is 15.5. The lowest BCUT2D eigenvalue weighted by Gasteiger charge is -2.19. The molecule has 2 fully saturated rings. The monoisotopic (exact) mass is 433 g/mol. The number of para-hydroxylation sites is 1. The van der Waals surface area contributed by atoms with Crippen LogP contribution in [0.5, 0.6) is 0 Å². The molecule has 0 bridgehead atoms. The second-order valence-corrected chi connectivity index (χ2v) is 8.73. The van der Waals surface area contributed by atoms with Gasteiger partial charge in [-0.25, -0.2) is 9.78 Å². The molecule has 3 aromatic rings. The van der Waals surface area contributed by atoms with E-state index in [0.717, 1.165) is 37.1 Å². The van der Waals surface area contributed by atoms with Crippen LogP contribution in [0.15, 0.2) is 46.0 Å². The lowest BCUT2D eigenvalue weighted by molar-refractivity contribution is 0.0793. The van der Waals surface area contributed by atoms with Crippen LogP contribution in [-0.4, -0.2) is 44.5 Å². The molecule has 2 aromatic heterocycles. The van der Waals surface area contributed by atoms with Gasteiger partial charge in [-0.05, 0) is 43.9 Å². The first-order valence-corrected chi connectivity index (χ1v) is 11.3. The minimum atomic E-state index is -0.547. The van der Waals surface area contributed by atoms with Crippen molar-refractivity contribution >= 4 is 22.6 Å². The Hall–Kier alpha value is -3.42. The number of aryl methyl sites for hydroxylation is 1. The fraction of sp³-hybridized carbons (Fsp3) is 0.417. The Morgan fingerprint density at radius 3 is 2.69 bits per heavy atom. The number of amides is 1. The van der Waals surface area contributed by atoms with Crippen LogP contribution in [0, 0.1) is 0 Å². The summed E-state index contributed by atoms with van der Waals surface area (Å²) >= 11 is 0. The number of carbonyl (C=O) groups excluding carboxylic acids is 1. The van der Waals surface area contributed by atoms with Gasteiger partial charge in [-0.2, -0.15) is 0 Å². The summed E-state index contributed by atoms with van der Waals surface area (Å²) in [5.74, 6) is 0.116. The molecule has 1 amide bonds. The van der Waals surface area contributed by atoms with Gasteiger partial charge in [0.1, 0.15) is 0 Å². The van der Waals surface area contributed by atoms with E-state index in [9.17, 15) is 14.4 Å². The molecule has 1 aliphatic heterocycles. The zero-order valence-corrected chi connectivity index (χ0v) is 18.1. The molecule has 0 spiro atoms. The van der Waals surface area contributed by atoms with E-state index in [-0.39, 0.29) is 17.3 Å². The number of hydrogen-bond donors (Lipinski definition) is 2. The SMILES string of the molecule is CCCn1c(=O)[nH]c(=O)c2c(C(=O)N3CCC(Nc4ccccc4)C3)cc(C3CC3)nc21. The molecule has 1 unspecified atom stereocenters. The number of nitrogens with one attached hydrogen (secondary N) is 2. The highest BCUT2D eigenvalue weighted by atomic mass is 16.2. The van der Waals surface area contributed by atoms with Crippen LogP contribution < -0.4 is 16.6 Å². The maximum absolute atomic E-state index is 13.6. The first-order valence-electron chi connectivity index (χ1n) is 11.3. The maximum atomic E-state index is 13.6. The largest absolute Gasteiger partial charge is 0.380 e. The van der Waals surface area contributed by atoms with E-state index in [2.05, 4.69) is 15.3 Å². The second kappa shape index (κ2) is 8.26. The van der Waals surface area contributed by atoms with Crippen LogP contribution >= 0.6 is 0 Å². The molecule has 32 heavy (non-hydrogen) atoms. The zero-order chi connectivity index (χ0) is 22.2. The van der Waals surface area contributed by atoms with Gasteiger partial charge in [0.2, 0.25) is 0 Å². The molecule has 8 heteroatoms. The molecule has 1 atom stereocenters. The number of likely N-dealkylation sites (tertiary alicyclic amines) is 1. The van der Waals surface area contributed by atoms with E-state index in [1.54, 1.807) is 11.0 Å². The van der Waals surface area contributed by atoms with Crippen molar-refractivity contribution in [3.8, 4) is 0 Å². The molecule has 3 heterocycles. The molecule has 1 saturated carbocycles. The van der Waals surface area contributed by atoms with Crippen LogP contribution in [0.4, 0.5) is 5.69 Å². The molecular weight excluding hydrogens is 406 g/mol. The Kier molecular flexibility index (Phi) is 5.28. The average Bonchev–Trinajstić information content (AvgIpc) is 3.55. The third-order valence-electron chi connectivity index (χ3n) is 6.26. The standard InChI is InChI=1S/C24H27N5O3/c1-2-11-29-21-20(22(30)27-24(29)32)18(13-19(26-21)15-8-9-15)23(31)28-12-10-17(14-28)25-16-6-4-3-5-7-16/h3-7,13,15,17,25H,2,8-12,14H2,1H3,(H,27,30,32). The smallest absolute Gasteiger partial charge is 0.329 e. The number of pyridine rings is 1. The van der Waals surface area contributed by atoms with Crippen molar-refractivity contribution < 1.29 is 4.79 Å². The number of H-pyrrole nitrogens is 1. The highest BCUT2D eigenvalue weighted by Gasteiger charge is 2.32. The highest BCUT2D eigenvalue weighted by molar-refractivity contribution is 6.05. The molecule has 1 aromatic carbocycles. The van der Waals surface area contributed by atoms with E-state index < -0.39 is 11.2 Å². The summed E-state index contributed by atoms with van der Waals surface area (Å²) in [7, 11) is 0. The van der Waals surface area contributed by atoms with Crippen molar-refractivity contribution in [2.75, 3.05) is 18.4 Å². The summed E-state index contributed by atoms with van der Waals surface area (Å²) in [5, 5.41) is 3.69. The van der Waals surface area contributed by atoms with Gasteiger partial charge in [-0.1, -0.05) is 25.1 Å². The van der Waals surface area contributed by atoms with Crippen LogP contribution in [-0.2, 0) is 6.54 Å². The zero-order valence-electron chi connectivity index (χ0n) is 18.1. The molecule has 166 valence electrons. The number of benzene rings is 1. The van der Waals surface area contributed by atoms with Crippen LogP contribution in [0.1, 0.15) is 54.6 Å². The molecule has 5 rings (SSSR count). The van der Waals surface area contributed by atoms with Crippen molar-refractivity contribution in [1.29, 1.82) is 0 Å². The van der Waals surface area contributed by atoms with Gasteiger partial charge in [0.15, 0.2) is 5.65 Å². The van der Waals surface area contributed by atoms with E-state index in [1.165, 1.54) is 4.57 Å². The number of carbonyl (C=O) groups is 1. The van der Waals surface area contributed by atoms with Gasteiger partial charge < -0.3 is 10.2 Å². The highest BCUT2D eigenvalue weighted by Crippen LogP contribution is 2.40. The fourth-order valence-corrected chi connectivity index (χ4v) is 4.48. The first kappa shape index (κ1) is 20.5. The van der Waals surface area contributed by atoms with Crippen LogP contribution in [0.25, 0.3) is 11.0 Å². The van der Waals surface area contributed by atoms with Gasteiger partial charge in [0.05, 0.1) is 10.9 Å². The lowest BCUT2D eigenvalue weighted by Crippen LogP contribution is -2.35. The Bertz CT molecular complexity index is 1280. The third-order valence-corrected chi connectivity index (χ3v) is 6.26. The number of aromatic nitrogens is 3. The average molecular weight is 434 g/mol. The van der Waals surface area contributed by atoms with Gasteiger partial charge in [-0.15, -0.1) is 0 Å². The second-order valence-electron chi connectivity index (χ2n) is 8.73. The van der Waals surface area contributed by atoms with Crippen molar-refractivity contribution in [3.05, 3.63) is 68.5 Å². The number of aromatic amines is 1. The van der Waals surface area contributed by atoms with Crippen LogP contribution in [0.3, 0.4) is 0 Å². The third kappa shape index (κ3) is 3.81. The molecular formula is C24H27N5O3. The van der Waals surface area contributed by atoms with Crippen molar-refractivity contribution in [2.24, 2.45) is 0 Å². The topological polar surface area (TPSA) is 100 Å². The molecule has 8 nitrogen and oxygen atoms in total. The van der Waals surface area contributed by atoms with Gasteiger partial charge >= 0.3 is 5.69 Å². The van der Waals surface area contributed by atoms with Crippen molar-refractivity contribution in [1.82, 2.24) is 19.4 Å². The quantitative estimate of drug-likeness (QED) is 0.623. The predicted octanol–water partition coefficient (Wildman–Crippen LogP) is 2.70. The van der Waals surface area contributed by atoms with Crippen LogP contribution in [0.2, 0.25) is 0 Å². The van der Waals surface area contributed by atoms with Crippen molar-refractivity contribution in [3.63, 3.8) is 0 Å². The van der Waals surface area contributed by atoms with Gasteiger partial charge in [0.25, 0.3) is 11.5 Å². The van der Waals surface area contributed by atoms with E-state index in [4.69, 9.17) is 0 Å². The van der Waals surface area contributed by atoms with E-state index in [1.807, 2.05) is 37.3 Å². The predicted molar refractivity (Wildman–Crippen MR) is 123 cm³/mol. The number of anilines is 1. The summed E-state index contributed by atoms with van der Waals surface area (Å²) < 4.78 is 1.49. The van der Waals surface area contributed by atoms with E-state index >= 15 is 0 Å². The minimum Gasteiger partial charge on any atom is -0.380 e. The number of hydrogen-bond acceptors (Lipinski definition) is 5. The van der Waals surface area contributed by atoms with Gasteiger partial charge in [-0.3, -0.25) is 19.1 Å². The summed E-state index contributed by atoms with van der Waals surface area (Å²) in [5.41, 5.74) is 1.48. The number of fused-ring (bicyclic) bond motifs is 1. The molecule has 0 radical (unpaired) electrons. The molecule has 2 aliphatic rings. The number of rotatable bonds is 6. The molecule has 1 saturated heterocycles. The Morgan fingerprint density at radius 1 is 1.19 bits per heavy atom. The normalized spacial score (nSPS) is 18.3. The Morgan fingerprint density at radius 2 is 1.97 bits per heavy atom. The van der Waals surface area contributed by atoms with Gasteiger partial charge in [0, 0.05) is 43.0 Å². The summed E-state index contributed by atoms with van der Waals surface area (Å²) in [6, 6.07) is 11.9. The number of nitrogens with zero attached hydrogens (tertiary/aromatic N) is 3. The Labute approximate surface area is 185 Å². The van der Waals surface area contributed by atoms with E-state index in [0.29, 0.717) is 36.8 Å². The molecule has 1 aliphatic carbocycles. The minimum absolute atomic E-state index is 0.147. The lowest BCUT2D eigenvalue weighted by atomic mass is 10.1. The summed E-state index contributed by atoms with van der Waals surface area (Å²) in [6.07, 6.45) is 3.58. The fourth-order valence-electron chi connectivity index (χ4n) is 4.48. The summed E-state index contributed by atoms with van der Waals surface area (Å²) in [4.78, 5) is 47.7. The summed E-state index contributed by atoms with van der Waals surface area (Å²) in [6.45, 7) is 3.57.